The molecule has 2 rings (SSSR count). The molecule has 0 saturated carbocycles. The lowest BCUT2D eigenvalue weighted by atomic mass is 10.2. The molecule has 104 valence electrons. The molecule has 0 aliphatic carbocycles. The van der Waals surface area contributed by atoms with Crippen LogP contribution >= 0.6 is 11.3 Å². The van der Waals surface area contributed by atoms with Crippen LogP contribution in [0.3, 0.4) is 0 Å². The van der Waals surface area contributed by atoms with Crippen LogP contribution < -0.4 is 5.32 Å². The molecule has 0 amide bonds. The van der Waals surface area contributed by atoms with Crippen LogP contribution in [0.5, 0.6) is 0 Å². The van der Waals surface area contributed by atoms with Gasteiger partial charge in [-0.2, -0.15) is 18.4 Å². The molecule has 0 unspecified atom stereocenters. The Kier molecular flexibility index (Phi) is 3.90. The number of rotatable bonds is 3. The van der Waals surface area contributed by atoms with Crippen LogP contribution in [0.1, 0.15) is 22.0 Å². The molecule has 2 heterocycles. The fraction of sp³-hybridized carbons (Fsp3) is 0.250. The van der Waals surface area contributed by atoms with Gasteiger partial charge in [0.1, 0.15) is 17.6 Å². The Morgan fingerprint density at radius 2 is 2.10 bits per heavy atom. The van der Waals surface area contributed by atoms with Gasteiger partial charge in [0.05, 0.1) is 22.8 Å². The number of aryl methyl sites for hydroxylation is 1. The number of hydrogen-bond acceptors (Lipinski definition) is 5. The standard InChI is InChI=1S/C12H9F3N4S/c1-7-18-9(6-20-7)5-17-11-8(4-16)2-3-10(19-11)12(13,14)15/h2-3,6H,5H2,1H3,(H,17,19). The van der Waals surface area contributed by atoms with E-state index in [1.165, 1.54) is 11.3 Å². The third kappa shape index (κ3) is 3.24. The van der Waals surface area contributed by atoms with Crippen molar-refractivity contribution in [1.82, 2.24) is 9.97 Å². The number of nitrogens with zero attached hydrogens (tertiary/aromatic N) is 3. The first-order chi connectivity index (χ1) is 9.40. The molecule has 0 fully saturated rings. The molecule has 20 heavy (non-hydrogen) atoms. The minimum Gasteiger partial charge on any atom is -0.363 e. The summed E-state index contributed by atoms with van der Waals surface area (Å²) in [5, 5.41) is 14.3. The molecule has 2 aromatic rings. The summed E-state index contributed by atoms with van der Waals surface area (Å²) >= 11 is 1.44. The quantitative estimate of drug-likeness (QED) is 0.944. The number of halogens is 3. The van der Waals surface area contributed by atoms with Crippen LogP contribution in [0, 0.1) is 18.3 Å². The van der Waals surface area contributed by atoms with Crippen molar-refractivity contribution >= 4 is 17.2 Å². The van der Waals surface area contributed by atoms with E-state index < -0.39 is 11.9 Å². The van der Waals surface area contributed by atoms with Crippen LogP contribution in [-0.4, -0.2) is 9.97 Å². The van der Waals surface area contributed by atoms with E-state index in [0.717, 1.165) is 17.1 Å². The van der Waals surface area contributed by atoms with Crippen molar-refractivity contribution in [1.29, 1.82) is 5.26 Å². The van der Waals surface area contributed by atoms with Gasteiger partial charge in [-0.05, 0) is 19.1 Å². The van der Waals surface area contributed by atoms with Gasteiger partial charge in [0.2, 0.25) is 0 Å². The molecule has 4 nitrogen and oxygen atoms in total. The van der Waals surface area contributed by atoms with E-state index in [0.29, 0.717) is 5.69 Å². The number of pyridine rings is 1. The van der Waals surface area contributed by atoms with Crippen LogP contribution in [-0.2, 0) is 12.7 Å². The minimum atomic E-state index is -4.54. The summed E-state index contributed by atoms with van der Waals surface area (Å²) in [6.45, 7) is 2.05. The third-order valence-electron chi connectivity index (χ3n) is 2.41. The van der Waals surface area contributed by atoms with Crippen LogP contribution in [0.25, 0.3) is 0 Å². The molecule has 0 radical (unpaired) electrons. The van der Waals surface area contributed by atoms with Crippen LogP contribution in [0.4, 0.5) is 19.0 Å². The molecule has 0 aromatic carbocycles. The number of nitriles is 1. The van der Waals surface area contributed by atoms with Crippen molar-refractivity contribution in [3.8, 4) is 6.07 Å². The maximum Gasteiger partial charge on any atom is 0.433 e. The maximum absolute atomic E-state index is 12.6. The fourth-order valence-electron chi connectivity index (χ4n) is 1.51. The summed E-state index contributed by atoms with van der Waals surface area (Å²) in [5.74, 6) is -0.0898. The second-order valence-electron chi connectivity index (χ2n) is 3.91. The van der Waals surface area contributed by atoms with Gasteiger partial charge >= 0.3 is 6.18 Å². The first kappa shape index (κ1) is 14.3. The highest BCUT2D eigenvalue weighted by molar-refractivity contribution is 7.09. The number of hydrogen-bond donors (Lipinski definition) is 1. The van der Waals surface area contributed by atoms with Crippen molar-refractivity contribution < 1.29 is 13.2 Å². The van der Waals surface area contributed by atoms with Crippen molar-refractivity contribution in [3.05, 3.63) is 39.5 Å². The predicted molar refractivity (Wildman–Crippen MR) is 68.1 cm³/mol. The van der Waals surface area contributed by atoms with Crippen molar-refractivity contribution in [2.75, 3.05) is 5.32 Å². The average molecular weight is 298 g/mol. The zero-order valence-corrected chi connectivity index (χ0v) is 11.1. The van der Waals surface area contributed by atoms with E-state index in [4.69, 9.17) is 5.26 Å². The number of aromatic nitrogens is 2. The summed E-state index contributed by atoms with van der Waals surface area (Å²) in [4.78, 5) is 7.63. The van der Waals surface area contributed by atoms with Gasteiger partial charge in [-0.15, -0.1) is 11.3 Å². The van der Waals surface area contributed by atoms with E-state index in [1.807, 2.05) is 6.92 Å². The topological polar surface area (TPSA) is 61.6 Å². The molecule has 0 aliphatic rings. The Balaban J connectivity index is 2.23. The second-order valence-corrected chi connectivity index (χ2v) is 4.98. The molecular weight excluding hydrogens is 289 g/mol. The monoisotopic (exact) mass is 298 g/mol. The number of nitrogens with one attached hydrogen (secondary N) is 1. The lowest BCUT2D eigenvalue weighted by Gasteiger charge is -2.10. The summed E-state index contributed by atoms with van der Waals surface area (Å²) in [7, 11) is 0. The number of thiazole rings is 1. The lowest BCUT2D eigenvalue weighted by molar-refractivity contribution is -0.141. The second kappa shape index (κ2) is 5.46. The third-order valence-corrected chi connectivity index (χ3v) is 3.23. The molecule has 0 aliphatic heterocycles. The first-order valence-electron chi connectivity index (χ1n) is 5.53. The summed E-state index contributed by atoms with van der Waals surface area (Å²) < 4.78 is 37.8. The average Bonchev–Trinajstić information content (AvgIpc) is 2.80. The van der Waals surface area contributed by atoms with Gasteiger partial charge in [-0.25, -0.2) is 9.97 Å². The zero-order valence-electron chi connectivity index (χ0n) is 10.3. The largest absolute Gasteiger partial charge is 0.433 e. The Hall–Kier alpha value is -2.14. The Bertz CT molecular complexity index is 657. The van der Waals surface area contributed by atoms with E-state index in [2.05, 4.69) is 15.3 Å². The van der Waals surface area contributed by atoms with Gasteiger partial charge < -0.3 is 5.32 Å². The fourth-order valence-corrected chi connectivity index (χ4v) is 2.12. The zero-order chi connectivity index (χ0) is 14.8. The van der Waals surface area contributed by atoms with Gasteiger partial charge in [0.15, 0.2) is 0 Å². The van der Waals surface area contributed by atoms with Gasteiger partial charge in [-0.1, -0.05) is 0 Å². The van der Waals surface area contributed by atoms with Crippen molar-refractivity contribution in [3.63, 3.8) is 0 Å². The molecule has 2 aromatic heterocycles. The molecule has 0 atom stereocenters. The molecule has 1 N–H and O–H groups in total. The highest BCUT2D eigenvalue weighted by Crippen LogP contribution is 2.29. The van der Waals surface area contributed by atoms with E-state index >= 15 is 0 Å². The summed E-state index contributed by atoms with van der Waals surface area (Å²) in [5.41, 5.74) is -0.283. The van der Waals surface area contributed by atoms with Crippen LogP contribution in [0.2, 0.25) is 0 Å². The molecular formula is C12H9F3N4S. The van der Waals surface area contributed by atoms with Gasteiger partial charge in [-0.3, -0.25) is 0 Å². The molecule has 0 bridgehead atoms. The number of anilines is 1. The van der Waals surface area contributed by atoms with Crippen molar-refractivity contribution in [2.24, 2.45) is 0 Å². The Labute approximate surface area is 116 Å². The maximum atomic E-state index is 12.6. The molecule has 0 spiro atoms. The summed E-state index contributed by atoms with van der Waals surface area (Å²) in [6.07, 6.45) is -4.54. The highest BCUT2D eigenvalue weighted by atomic mass is 32.1. The van der Waals surface area contributed by atoms with Crippen molar-refractivity contribution in [2.45, 2.75) is 19.6 Å². The molecule has 0 saturated heterocycles. The summed E-state index contributed by atoms with van der Waals surface area (Å²) in [6, 6.07) is 3.70. The SMILES string of the molecule is Cc1nc(CNc2nc(C(F)(F)F)ccc2C#N)cs1. The van der Waals surface area contributed by atoms with E-state index in [1.54, 1.807) is 11.4 Å². The molecule has 8 heteroatoms. The van der Waals surface area contributed by atoms with Gasteiger partial charge in [0, 0.05) is 5.38 Å². The van der Waals surface area contributed by atoms with E-state index in [9.17, 15) is 13.2 Å². The normalized spacial score (nSPS) is 11.2. The van der Waals surface area contributed by atoms with E-state index in [-0.39, 0.29) is 17.9 Å². The minimum absolute atomic E-state index is 0.0601. The van der Waals surface area contributed by atoms with Gasteiger partial charge in [0.25, 0.3) is 0 Å². The Morgan fingerprint density at radius 1 is 1.35 bits per heavy atom. The highest BCUT2D eigenvalue weighted by Gasteiger charge is 2.33. The Morgan fingerprint density at radius 3 is 2.65 bits per heavy atom. The first-order valence-corrected chi connectivity index (χ1v) is 6.41. The number of alkyl halides is 3. The smallest absolute Gasteiger partial charge is 0.363 e. The van der Waals surface area contributed by atoms with Crippen LogP contribution in [0.15, 0.2) is 17.5 Å². The predicted octanol–water partition coefficient (Wildman–Crippen LogP) is 3.35. The lowest BCUT2D eigenvalue weighted by Crippen LogP contribution is -2.11.